The van der Waals surface area contributed by atoms with Crippen molar-refractivity contribution in [1.29, 1.82) is 0 Å². The summed E-state index contributed by atoms with van der Waals surface area (Å²) in [5, 5.41) is 7.81. The van der Waals surface area contributed by atoms with Crippen molar-refractivity contribution in [1.82, 2.24) is 5.32 Å². The lowest BCUT2D eigenvalue weighted by molar-refractivity contribution is 0.573. The third kappa shape index (κ3) is 3.95. The Labute approximate surface area is 113 Å². The van der Waals surface area contributed by atoms with Crippen LogP contribution in [0.15, 0.2) is 41.1 Å². The highest BCUT2D eigenvalue weighted by molar-refractivity contribution is 7.08. The fraction of sp³-hybridized carbons (Fsp3) is 0.333. The summed E-state index contributed by atoms with van der Waals surface area (Å²) < 4.78 is 0. The number of hydrogen-bond donors (Lipinski definition) is 2. The molecule has 3 heteroatoms. The molecule has 0 bridgehead atoms. The quantitative estimate of drug-likeness (QED) is 0.838. The number of thiophene rings is 1. The summed E-state index contributed by atoms with van der Waals surface area (Å²) in [4.78, 5) is 0. The predicted octanol–water partition coefficient (Wildman–Crippen LogP) is 2.72. The predicted molar refractivity (Wildman–Crippen MR) is 78.9 cm³/mol. The highest BCUT2D eigenvalue weighted by Gasteiger charge is 2.04. The van der Waals surface area contributed by atoms with Gasteiger partial charge in [0.25, 0.3) is 0 Å². The Hall–Kier alpha value is -1.16. The summed E-state index contributed by atoms with van der Waals surface area (Å²) in [5.41, 5.74) is 10.2. The van der Waals surface area contributed by atoms with E-state index >= 15 is 0 Å². The summed E-state index contributed by atoms with van der Waals surface area (Å²) in [5.74, 6) is 0. The van der Waals surface area contributed by atoms with Crippen LogP contribution in [0.4, 0.5) is 0 Å². The monoisotopic (exact) mass is 260 g/mol. The molecule has 1 aromatic carbocycles. The molecule has 0 amide bonds. The molecule has 0 saturated carbocycles. The first-order valence-electron chi connectivity index (χ1n) is 6.27. The number of hydrogen-bond acceptors (Lipinski definition) is 3. The van der Waals surface area contributed by atoms with Gasteiger partial charge in [-0.15, -0.1) is 0 Å². The molecule has 2 rings (SSSR count). The molecule has 1 aromatic heterocycles. The van der Waals surface area contributed by atoms with E-state index in [0.717, 1.165) is 19.5 Å². The van der Waals surface area contributed by atoms with Crippen molar-refractivity contribution >= 4 is 11.3 Å². The summed E-state index contributed by atoms with van der Waals surface area (Å²) in [7, 11) is 0. The van der Waals surface area contributed by atoms with Crippen molar-refractivity contribution in [2.45, 2.75) is 25.9 Å². The molecule has 1 atom stereocenters. The molecule has 2 nitrogen and oxygen atoms in total. The molecule has 1 unspecified atom stereocenters. The van der Waals surface area contributed by atoms with E-state index in [9.17, 15) is 0 Å². The molecule has 0 fully saturated rings. The smallest absolute Gasteiger partial charge is 0.0217 e. The molecule has 0 aliphatic rings. The first-order valence-corrected chi connectivity index (χ1v) is 7.22. The zero-order chi connectivity index (χ0) is 12.8. The van der Waals surface area contributed by atoms with Crippen LogP contribution in [0.1, 0.15) is 16.7 Å². The molecule has 1 heterocycles. The van der Waals surface area contributed by atoms with Crippen LogP contribution in [0.2, 0.25) is 0 Å². The maximum atomic E-state index is 6.12. The minimum Gasteiger partial charge on any atom is -0.326 e. The lowest BCUT2D eigenvalue weighted by atomic mass is 10.1. The van der Waals surface area contributed by atoms with Crippen LogP contribution in [-0.2, 0) is 13.0 Å². The van der Waals surface area contributed by atoms with Crippen molar-refractivity contribution in [3.05, 3.63) is 57.8 Å². The van der Waals surface area contributed by atoms with Gasteiger partial charge < -0.3 is 11.1 Å². The maximum Gasteiger partial charge on any atom is 0.0217 e. The Kier molecular flexibility index (Phi) is 4.93. The van der Waals surface area contributed by atoms with Crippen LogP contribution in [0.25, 0.3) is 0 Å². The summed E-state index contributed by atoms with van der Waals surface area (Å²) in [6.07, 6.45) is 0.927. The Morgan fingerprint density at radius 3 is 2.67 bits per heavy atom. The van der Waals surface area contributed by atoms with Crippen molar-refractivity contribution in [2.75, 3.05) is 6.54 Å². The van der Waals surface area contributed by atoms with Crippen LogP contribution in [0.3, 0.4) is 0 Å². The Morgan fingerprint density at radius 2 is 2.00 bits per heavy atom. The molecule has 0 saturated heterocycles. The van der Waals surface area contributed by atoms with Crippen LogP contribution in [-0.4, -0.2) is 12.6 Å². The van der Waals surface area contributed by atoms with Crippen LogP contribution < -0.4 is 11.1 Å². The first kappa shape index (κ1) is 13.3. The van der Waals surface area contributed by atoms with Gasteiger partial charge in [0.1, 0.15) is 0 Å². The molecule has 0 aliphatic carbocycles. The van der Waals surface area contributed by atoms with Gasteiger partial charge in [0.05, 0.1) is 0 Å². The number of nitrogens with two attached hydrogens (primary N) is 1. The summed E-state index contributed by atoms with van der Waals surface area (Å²) in [6.45, 7) is 3.92. The van der Waals surface area contributed by atoms with Crippen LogP contribution in [0.5, 0.6) is 0 Å². The molecule has 0 spiro atoms. The highest BCUT2D eigenvalue weighted by atomic mass is 32.1. The normalized spacial score (nSPS) is 12.6. The Balaban J connectivity index is 1.72. The average molecular weight is 260 g/mol. The van der Waals surface area contributed by atoms with E-state index in [2.05, 4.69) is 47.3 Å². The third-order valence-electron chi connectivity index (χ3n) is 3.02. The van der Waals surface area contributed by atoms with Gasteiger partial charge in [0.15, 0.2) is 0 Å². The fourth-order valence-corrected chi connectivity index (χ4v) is 2.81. The second-order valence-corrected chi connectivity index (χ2v) is 5.40. The zero-order valence-electron chi connectivity index (χ0n) is 10.7. The standard InChI is InChI=1S/C15H20N2S/c1-12-10-18-11-14(12)8-17-9-15(16)7-13-5-3-2-4-6-13/h2-6,10-11,15,17H,7-9,16H2,1H3. The minimum absolute atomic E-state index is 0.173. The second-order valence-electron chi connectivity index (χ2n) is 4.66. The van der Waals surface area contributed by atoms with E-state index in [1.54, 1.807) is 11.3 Å². The second kappa shape index (κ2) is 6.69. The van der Waals surface area contributed by atoms with Gasteiger partial charge in [-0.2, -0.15) is 11.3 Å². The van der Waals surface area contributed by atoms with E-state index < -0.39 is 0 Å². The number of rotatable bonds is 6. The van der Waals surface area contributed by atoms with Gasteiger partial charge in [-0.05, 0) is 40.8 Å². The lowest BCUT2D eigenvalue weighted by Gasteiger charge is -2.12. The van der Waals surface area contributed by atoms with Gasteiger partial charge in [-0.1, -0.05) is 30.3 Å². The molecule has 2 aromatic rings. The third-order valence-corrected chi connectivity index (χ3v) is 3.93. The SMILES string of the molecule is Cc1cscc1CNCC(N)Cc1ccccc1. The van der Waals surface area contributed by atoms with E-state index in [1.165, 1.54) is 16.7 Å². The van der Waals surface area contributed by atoms with E-state index in [0.29, 0.717) is 0 Å². The largest absolute Gasteiger partial charge is 0.326 e. The topological polar surface area (TPSA) is 38.0 Å². The average Bonchev–Trinajstić information content (AvgIpc) is 2.76. The molecular formula is C15H20N2S. The Morgan fingerprint density at radius 1 is 1.22 bits per heavy atom. The van der Waals surface area contributed by atoms with Crippen LogP contribution >= 0.6 is 11.3 Å². The first-order chi connectivity index (χ1) is 8.75. The van der Waals surface area contributed by atoms with Gasteiger partial charge in [0, 0.05) is 19.1 Å². The Bertz CT molecular complexity index is 464. The van der Waals surface area contributed by atoms with Crippen molar-refractivity contribution in [3.8, 4) is 0 Å². The van der Waals surface area contributed by atoms with Crippen LogP contribution in [0, 0.1) is 6.92 Å². The molecule has 3 N–H and O–H groups in total. The molecule has 18 heavy (non-hydrogen) atoms. The van der Waals surface area contributed by atoms with Gasteiger partial charge >= 0.3 is 0 Å². The lowest BCUT2D eigenvalue weighted by Crippen LogP contribution is -2.35. The van der Waals surface area contributed by atoms with E-state index in [-0.39, 0.29) is 6.04 Å². The molecular weight excluding hydrogens is 240 g/mol. The van der Waals surface area contributed by atoms with Gasteiger partial charge in [0.2, 0.25) is 0 Å². The molecule has 0 aliphatic heterocycles. The van der Waals surface area contributed by atoms with Crippen molar-refractivity contribution in [3.63, 3.8) is 0 Å². The number of benzene rings is 1. The van der Waals surface area contributed by atoms with Crippen molar-refractivity contribution in [2.24, 2.45) is 5.73 Å². The maximum absolute atomic E-state index is 6.12. The minimum atomic E-state index is 0.173. The van der Waals surface area contributed by atoms with Crippen molar-refractivity contribution < 1.29 is 0 Å². The summed E-state index contributed by atoms with van der Waals surface area (Å²) in [6, 6.07) is 10.6. The number of nitrogens with one attached hydrogen (secondary N) is 1. The van der Waals surface area contributed by atoms with Gasteiger partial charge in [-0.3, -0.25) is 0 Å². The summed E-state index contributed by atoms with van der Waals surface area (Å²) >= 11 is 1.76. The van der Waals surface area contributed by atoms with E-state index in [4.69, 9.17) is 5.73 Å². The van der Waals surface area contributed by atoms with Gasteiger partial charge in [-0.25, -0.2) is 0 Å². The van der Waals surface area contributed by atoms with E-state index in [1.807, 2.05) is 6.07 Å². The fourth-order valence-electron chi connectivity index (χ4n) is 1.95. The molecule has 0 radical (unpaired) electrons. The molecule has 96 valence electrons. The highest BCUT2D eigenvalue weighted by Crippen LogP contribution is 2.12. The zero-order valence-corrected chi connectivity index (χ0v) is 11.5. The number of aryl methyl sites for hydroxylation is 1.